The minimum Gasteiger partial charge on any atom is -0.319 e. The Morgan fingerprint density at radius 3 is 2.41 bits per heavy atom. The van der Waals surface area contributed by atoms with E-state index >= 15 is 0 Å². The van der Waals surface area contributed by atoms with Crippen LogP contribution < -0.4 is 5.73 Å². The predicted molar refractivity (Wildman–Crippen MR) is 68.6 cm³/mol. The average Bonchev–Trinajstić information content (AvgIpc) is 2.66. The highest BCUT2D eigenvalue weighted by molar-refractivity contribution is 5.10. The monoisotopic (exact) mass is 236 g/mol. The Morgan fingerprint density at radius 1 is 1.35 bits per heavy atom. The van der Waals surface area contributed by atoms with Crippen LogP contribution in [0.25, 0.3) is 0 Å². The second-order valence-corrected chi connectivity index (χ2v) is 5.91. The molecule has 1 aliphatic carbocycles. The van der Waals surface area contributed by atoms with E-state index in [0.29, 0.717) is 5.92 Å². The lowest BCUT2D eigenvalue weighted by Crippen LogP contribution is -2.42. The molecule has 0 aromatic carbocycles. The summed E-state index contributed by atoms with van der Waals surface area (Å²) in [4.78, 5) is 4.66. The van der Waals surface area contributed by atoms with E-state index in [1.54, 1.807) is 0 Å². The number of aromatic nitrogens is 3. The summed E-state index contributed by atoms with van der Waals surface area (Å²) < 4.78 is 1.88. The molecule has 2 N–H and O–H groups in total. The maximum absolute atomic E-state index is 6.53. The van der Waals surface area contributed by atoms with Crippen molar-refractivity contribution in [2.75, 3.05) is 0 Å². The summed E-state index contributed by atoms with van der Waals surface area (Å²) in [5.41, 5.74) is 6.27. The van der Waals surface area contributed by atoms with Crippen LogP contribution in [0.5, 0.6) is 0 Å². The van der Waals surface area contributed by atoms with Gasteiger partial charge < -0.3 is 5.73 Å². The molecule has 0 atom stereocenters. The number of hydrogen-bond acceptors (Lipinski definition) is 3. The minimum absolute atomic E-state index is 0.262. The van der Waals surface area contributed by atoms with Gasteiger partial charge in [0.25, 0.3) is 0 Å². The lowest BCUT2D eigenvalue weighted by molar-refractivity contribution is 0.231. The molecule has 1 aliphatic rings. The van der Waals surface area contributed by atoms with Crippen LogP contribution >= 0.6 is 0 Å². The minimum atomic E-state index is -0.262. The summed E-state index contributed by atoms with van der Waals surface area (Å²) in [5, 5.41) is 4.48. The molecule has 0 unspecified atom stereocenters. The van der Waals surface area contributed by atoms with Crippen molar-refractivity contribution in [1.82, 2.24) is 14.8 Å². The Labute approximate surface area is 104 Å². The van der Waals surface area contributed by atoms with Crippen LogP contribution in [0.3, 0.4) is 0 Å². The summed E-state index contributed by atoms with van der Waals surface area (Å²) in [5.74, 6) is 3.03. The van der Waals surface area contributed by atoms with Crippen molar-refractivity contribution in [3.63, 3.8) is 0 Å². The van der Waals surface area contributed by atoms with E-state index in [0.717, 1.165) is 30.4 Å². The van der Waals surface area contributed by atoms with E-state index in [1.807, 2.05) is 11.7 Å². The molecule has 1 fully saturated rings. The normalized spacial score (nSPS) is 29.9. The third-order valence-electron chi connectivity index (χ3n) is 3.91. The molecule has 1 aromatic heterocycles. The molecule has 0 amide bonds. The SMILES string of the molecule is CC1CCC(N)(c2nc(C(C)C)nn2C)CC1. The molecule has 1 saturated carbocycles. The van der Waals surface area contributed by atoms with Crippen molar-refractivity contribution in [2.45, 2.75) is 57.9 Å². The van der Waals surface area contributed by atoms with Crippen molar-refractivity contribution in [3.05, 3.63) is 11.6 Å². The summed E-state index contributed by atoms with van der Waals surface area (Å²) in [7, 11) is 1.96. The van der Waals surface area contributed by atoms with Gasteiger partial charge in [0.1, 0.15) is 5.82 Å². The van der Waals surface area contributed by atoms with Gasteiger partial charge in [-0.1, -0.05) is 20.8 Å². The van der Waals surface area contributed by atoms with E-state index in [1.165, 1.54) is 12.8 Å². The average molecular weight is 236 g/mol. The van der Waals surface area contributed by atoms with Crippen molar-refractivity contribution < 1.29 is 0 Å². The number of aryl methyl sites for hydroxylation is 1. The Hall–Kier alpha value is -0.900. The molecule has 0 bridgehead atoms. The van der Waals surface area contributed by atoms with Gasteiger partial charge in [-0.15, -0.1) is 0 Å². The fourth-order valence-corrected chi connectivity index (χ4v) is 2.58. The first-order valence-electron chi connectivity index (χ1n) is 6.62. The first-order valence-corrected chi connectivity index (χ1v) is 6.62. The van der Waals surface area contributed by atoms with Crippen molar-refractivity contribution >= 4 is 0 Å². The van der Waals surface area contributed by atoms with Crippen LogP contribution in [0.2, 0.25) is 0 Å². The van der Waals surface area contributed by atoms with Gasteiger partial charge in [-0.05, 0) is 31.6 Å². The fraction of sp³-hybridized carbons (Fsp3) is 0.846. The molecule has 2 rings (SSSR count). The van der Waals surface area contributed by atoms with E-state index in [9.17, 15) is 0 Å². The lowest BCUT2D eigenvalue weighted by Gasteiger charge is -2.34. The number of hydrogen-bond donors (Lipinski definition) is 1. The van der Waals surface area contributed by atoms with Crippen LogP contribution in [0.15, 0.2) is 0 Å². The van der Waals surface area contributed by atoms with E-state index < -0.39 is 0 Å². The van der Waals surface area contributed by atoms with Crippen molar-refractivity contribution in [2.24, 2.45) is 18.7 Å². The molecular weight excluding hydrogens is 212 g/mol. The maximum atomic E-state index is 6.53. The van der Waals surface area contributed by atoms with Crippen molar-refractivity contribution in [1.29, 1.82) is 0 Å². The highest BCUT2D eigenvalue weighted by atomic mass is 15.3. The second kappa shape index (κ2) is 4.41. The first-order chi connectivity index (χ1) is 7.92. The molecule has 1 aromatic rings. The van der Waals surface area contributed by atoms with E-state index in [2.05, 4.69) is 30.9 Å². The van der Waals surface area contributed by atoms with Crippen molar-refractivity contribution in [3.8, 4) is 0 Å². The fourth-order valence-electron chi connectivity index (χ4n) is 2.58. The smallest absolute Gasteiger partial charge is 0.153 e. The lowest BCUT2D eigenvalue weighted by atomic mass is 9.77. The molecule has 1 heterocycles. The third-order valence-corrected chi connectivity index (χ3v) is 3.91. The van der Waals surface area contributed by atoms with Gasteiger partial charge in [0.05, 0.1) is 5.54 Å². The van der Waals surface area contributed by atoms with Crippen LogP contribution in [0.1, 0.15) is 64.0 Å². The summed E-state index contributed by atoms with van der Waals surface area (Å²) in [6.07, 6.45) is 4.44. The summed E-state index contributed by atoms with van der Waals surface area (Å²) >= 11 is 0. The maximum Gasteiger partial charge on any atom is 0.153 e. The van der Waals surface area contributed by atoms with Gasteiger partial charge in [-0.2, -0.15) is 5.10 Å². The Morgan fingerprint density at radius 2 is 1.94 bits per heavy atom. The molecular formula is C13H24N4. The molecule has 4 nitrogen and oxygen atoms in total. The zero-order valence-corrected chi connectivity index (χ0v) is 11.4. The predicted octanol–water partition coefficient (Wildman–Crippen LogP) is 2.30. The largest absolute Gasteiger partial charge is 0.319 e. The van der Waals surface area contributed by atoms with Gasteiger partial charge in [-0.25, -0.2) is 4.98 Å². The Kier molecular flexibility index (Phi) is 3.25. The van der Waals surface area contributed by atoms with E-state index in [-0.39, 0.29) is 5.54 Å². The highest BCUT2D eigenvalue weighted by Crippen LogP contribution is 2.36. The van der Waals surface area contributed by atoms with Gasteiger partial charge in [0.15, 0.2) is 5.82 Å². The Bertz CT molecular complexity index is 386. The van der Waals surface area contributed by atoms with Crippen LogP contribution in [0.4, 0.5) is 0 Å². The molecule has 4 heteroatoms. The first kappa shape index (κ1) is 12.6. The van der Waals surface area contributed by atoms with Crippen LogP contribution in [0, 0.1) is 5.92 Å². The summed E-state index contributed by atoms with van der Waals surface area (Å²) in [6, 6.07) is 0. The standard InChI is InChI=1S/C13H24N4/c1-9(2)11-15-12(17(4)16-11)13(14)7-5-10(3)6-8-13/h9-10H,5-8,14H2,1-4H3. The Balaban J connectivity index is 2.27. The summed E-state index contributed by atoms with van der Waals surface area (Å²) in [6.45, 7) is 6.53. The topological polar surface area (TPSA) is 56.7 Å². The molecule has 17 heavy (non-hydrogen) atoms. The molecule has 96 valence electrons. The molecule has 0 aliphatic heterocycles. The zero-order chi connectivity index (χ0) is 12.6. The quantitative estimate of drug-likeness (QED) is 0.857. The number of rotatable bonds is 2. The van der Waals surface area contributed by atoms with Crippen LogP contribution in [-0.2, 0) is 12.6 Å². The van der Waals surface area contributed by atoms with Gasteiger partial charge in [-0.3, -0.25) is 4.68 Å². The van der Waals surface area contributed by atoms with Gasteiger partial charge >= 0.3 is 0 Å². The third kappa shape index (κ3) is 2.37. The second-order valence-electron chi connectivity index (χ2n) is 5.91. The molecule has 0 radical (unpaired) electrons. The number of nitrogens with two attached hydrogens (primary N) is 1. The zero-order valence-electron chi connectivity index (χ0n) is 11.4. The molecule has 0 saturated heterocycles. The van der Waals surface area contributed by atoms with Crippen LogP contribution in [-0.4, -0.2) is 14.8 Å². The highest BCUT2D eigenvalue weighted by Gasteiger charge is 2.36. The van der Waals surface area contributed by atoms with Gasteiger partial charge in [0.2, 0.25) is 0 Å². The molecule has 0 spiro atoms. The number of nitrogens with zero attached hydrogens (tertiary/aromatic N) is 3. The van der Waals surface area contributed by atoms with E-state index in [4.69, 9.17) is 5.73 Å². The van der Waals surface area contributed by atoms with Gasteiger partial charge in [0, 0.05) is 13.0 Å².